The van der Waals surface area contributed by atoms with Crippen molar-refractivity contribution in [3.63, 3.8) is 0 Å². The molecule has 0 heterocycles. The van der Waals surface area contributed by atoms with Gasteiger partial charge in [-0.1, -0.05) is 38.1 Å². The molecule has 162 valence electrons. The maximum Gasteiger partial charge on any atom is 0.261 e. The number of hydrogen-bond acceptors (Lipinski definition) is 4. The Kier molecular flexibility index (Phi) is 9.19. The van der Waals surface area contributed by atoms with Gasteiger partial charge < -0.3 is 19.7 Å². The fourth-order valence-corrected chi connectivity index (χ4v) is 3.00. The molecule has 0 saturated carbocycles. The zero-order valence-electron chi connectivity index (χ0n) is 18.3. The number of rotatable bonds is 11. The third-order valence-corrected chi connectivity index (χ3v) is 4.90. The maximum atomic E-state index is 13.0. The van der Waals surface area contributed by atoms with Crippen molar-refractivity contribution in [3.05, 3.63) is 59.7 Å². The van der Waals surface area contributed by atoms with Crippen molar-refractivity contribution in [1.82, 2.24) is 10.2 Å². The molecule has 0 aromatic heterocycles. The number of amides is 2. The van der Waals surface area contributed by atoms with Gasteiger partial charge in [-0.2, -0.15) is 0 Å². The van der Waals surface area contributed by atoms with Crippen molar-refractivity contribution in [1.29, 1.82) is 0 Å². The standard InChI is InChI=1S/C24H32N2O4/c1-5-14-25-24(28)18(3)26(16-20-8-7-9-22(15-20)29-4)23(27)17-30-21-12-10-19(6-2)11-13-21/h7-13,15,18H,5-6,14,16-17H2,1-4H3,(H,25,28)/t18-/m1/s1. The quantitative estimate of drug-likeness (QED) is 0.613. The van der Waals surface area contributed by atoms with Gasteiger partial charge in [0, 0.05) is 13.1 Å². The number of methoxy groups -OCH3 is 1. The summed E-state index contributed by atoms with van der Waals surface area (Å²) in [6.45, 7) is 6.53. The van der Waals surface area contributed by atoms with E-state index in [1.807, 2.05) is 55.5 Å². The first kappa shape index (κ1) is 23.3. The Balaban J connectivity index is 2.13. The zero-order chi connectivity index (χ0) is 21.9. The van der Waals surface area contributed by atoms with Crippen LogP contribution in [0.25, 0.3) is 0 Å². The first-order valence-electron chi connectivity index (χ1n) is 10.4. The van der Waals surface area contributed by atoms with E-state index in [2.05, 4.69) is 12.2 Å². The summed E-state index contributed by atoms with van der Waals surface area (Å²) in [5.74, 6) is 0.900. The summed E-state index contributed by atoms with van der Waals surface area (Å²) < 4.78 is 11.0. The Morgan fingerprint density at radius 2 is 1.77 bits per heavy atom. The van der Waals surface area contributed by atoms with Gasteiger partial charge in [-0.3, -0.25) is 9.59 Å². The van der Waals surface area contributed by atoms with Crippen molar-refractivity contribution in [2.75, 3.05) is 20.3 Å². The first-order valence-corrected chi connectivity index (χ1v) is 10.4. The second-order valence-electron chi connectivity index (χ2n) is 7.13. The minimum absolute atomic E-state index is 0.138. The predicted octanol–water partition coefficient (Wildman–Crippen LogP) is 3.58. The highest BCUT2D eigenvalue weighted by Gasteiger charge is 2.26. The largest absolute Gasteiger partial charge is 0.497 e. The lowest BCUT2D eigenvalue weighted by molar-refractivity contribution is -0.142. The molecule has 6 heteroatoms. The van der Waals surface area contributed by atoms with Gasteiger partial charge in [0.15, 0.2) is 6.61 Å². The molecule has 0 unspecified atom stereocenters. The molecule has 0 saturated heterocycles. The van der Waals surface area contributed by atoms with Crippen LogP contribution in [0.3, 0.4) is 0 Å². The van der Waals surface area contributed by atoms with Crippen LogP contribution in [0.4, 0.5) is 0 Å². The summed E-state index contributed by atoms with van der Waals surface area (Å²) in [6, 6.07) is 14.5. The Morgan fingerprint density at radius 1 is 1.03 bits per heavy atom. The van der Waals surface area contributed by atoms with E-state index in [4.69, 9.17) is 9.47 Å². The van der Waals surface area contributed by atoms with Crippen LogP contribution in [0.1, 0.15) is 38.3 Å². The number of hydrogen-bond donors (Lipinski definition) is 1. The van der Waals surface area contributed by atoms with Gasteiger partial charge in [-0.25, -0.2) is 0 Å². The van der Waals surface area contributed by atoms with E-state index in [0.717, 1.165) is 18.4 Å². The molecule has 2 rings (SSSR count). The fourth-order valence-electron chi connectivity index (χ4n) is 3.00. The number of carbonyl (C=O) groups excluding carboxylic acids is 2. The average Bonchev–Trinajstić information content (AvgIpc) is 2.79. The van der Waals surface area contributed by atoms with Crippen LogP contribution in [-0.2, 0) is 22.6 Å². The lowest BCUT2D eigenvalue weighted by atomic mass is 10.1. The van der Waals surface area contributed by atoms with Crippen LogP contribution in [0.2, 0.25) is 0 Å². The Morgan fingerprint density at radius 3 is 2.40 bits per heavy atom. The molecule has 0 aliphatic rings. The summed E-state index contributed by atoms with van der Waals surface area (Å²) in [4.78, 5) is 27.1. The molecule has 2 amide bonds. The van der Waals surface area contributed by atoms with E-state index in [1.54, 1.807) is 18.9 Å². The smallest absolute Gasteiger partial charge is 0.261 e. The molecule has 0 aliphatic carbocycles. The molecule has 2 aromatic rings. The van der Waals surface area contributed by atoms with Gasteiger partial charge >= 0.3 is 0 Å². The lowest BCUT2D eigenvalue weighted by Crippen LogP contribution is -2.49. The van der Waals surface area contributed by atoms with E-state index in [0.29, 0.717) is 18.0 Å². The highest BCUT2D eigenvalue weighted by atomic mass is 16.5. The summed E-state index contributed by atoms with van der Waals surface area (Å²) in [6.07, 6.45) is 1.77. The third kappa shape index (κ3) is 6.79. The van der Waals surface area contributed by atoms with Gasteiger partial charge in [0.25, 0.3) is 5.91 Å². The lowest BCUT2D eigenvalue weighted by Gasteiger charge is -2.28. The molecule has 0 aliphatic heterocycles. The number of aryl methyl sites for hydroxylation is 1. The second-order valence-corrected chi connectivity index (χ2v) is 7.13. The summed E-state index contributed by atoms with van der Waals surface area (Å²) in [7, 11) is 1.60. The van der Waals surface area contributed by atoms with Crippen LogP contribution in [0, 0.1) is 0 Å². The second kappa shape index (κ2) is 11.9. The van der Waals surface area contributed by atoms with Gasteiger partial charge in [0.2, 0.25) is 5.91 Å². The van der Waals surface area contributed by atoms with Gasteiger partial charge in [-0.15, -0.1) is 0 Å². The molecular weight excluding hydrogens is 380 g/mol. The van der Waals surface area contributed by atoms with Crippen molar-refractivity contribution in [2.45, 2.75) is 46.2 Å². The molecule has 30 heavy (non-hydrogen) atoms. The molecule has 6 nitrogen and oxygen atoms in total. The monoisotopic (exact) mass is 412 g/mol. The first-order chi connectivity index (χ1) is 14.5. The normalized spacial score (nSPS) is 11.5. The molecular formula is C24H32N2O4. The molecule has 0 bridgehead atoms. The minimum atomic E-state index is -0.624. The van der Waals surface area contributed by atoms with Gasteiger partial charge in [-0.05, 0) is 55.2 Å². The van der Waals surface area contributed by atoms with Crippen molar-refractivity contribution < 1.29 is 19.1 Å². The average molecular weight is 413 g/mol. The topological polar surface area (TPSA) is 67.9 Å². The third-order valence-electron chi connectivity index (χ3n) is 4.90. The summed E-state index contributed by atoms with van der Waals surface area (Å²) in [5.41, 5.74) is 2.08. The highest BCUT2D eigenvalue weighted by Crippen LogP contribution is 2.17. The fraction of sp³-hybridized carbons (Fsp3) is 0.417. The highest BCUT2D eigenvalue weighted by molar-refractivity contribution is 5.87. The Labute approximate surface area is 179 Å². The van der Waals surface area contributed by atoms with Gasteiger partial charge in [0.05, 0.1) is 7.11 Å². The van der Waals surface area contributed by atoms with E-state index in [1.165, 1.54) is 5.56 Å². The van der Waals surface area contributed by atoms with Crippen LogP contribution in [0.5, 0.6) is 11.5 Å². The minimum Gasteiger partial charge on any atom is -0.497 e. The number of nitrogens with zero attached hydrogens (tertiary/aromatic N) is 1. The molecule has 2 aromatic carbocycles. The number of benzene rings is 2. The number of nitrogens with one attached hydrogen (secondary N) is 1. The number of carbonyl (C=O) groups is 2. The van der Waals surface area contributed by atoms with E-state index >= 15 is 0 Å². The van der Waals surface area contributed by atoms with E-state index in [9.17, 15) is 9.59 Å². The Bertz CT molecular complexity index is 820. The van der Waals surface area contributed by atoms with Crippen molar-refractivity contribution in [2.24, 2.45) is 0 Å². The van der Waals surface area contributed by atoms with Crippen LogP contribution in [-0.4, -0.2) is 43.0 Å². The summed E-state index contributed by atoms with van der Waals surface area (Å²) in [5, 5.41) is 2.86. The summed E-state index contributed by atoms with van der Waals surface area (Å²) >= 11 is 0. The van der Waals surface area contributed by atoms with E-state index < -0.39 is 6.04 Å². The predicted molar refractivity (Wildman–Crippen MR) is 118 cm³/mol. The van der Waals surface area contributed by atoms with Crippen LogP contribution in [0.15, 0.2) is 48.5 Å². The van der Waals surface area contributed by atoms with Crippen LogP contribution >= 0.6 is 0 Å². The maximum absolute atomic E-state index is 13.0. The molecule has 0 fully saturated rings. The van der Waals surface area contributed by atoms with Crippen molar-refractivity contribution in [3.8, 4) is 11.5 Å². The van der Waals surface area contributed by atoms with Gasteiger partial charge in [0.1, 0.15) is 17.5 Å². The Hall–Kier alpha value is -3.02. The molecule has 0 radical (unpaired) electrons. The van der Waals surface area contributed by atoms with Crippen molar-refractivity contribution >= 4 is 11.8 Å². The molecule has 0 spiro atoms. The SMILES string of the molecule is CCCNC(=O)[C@@H](C)N(Cc1cccc(OC)c1)C(=O)COc1ccc(CC)cc1. The molecule has 1 atom stereocenters. The van der Waals surface area contributed by atoms with E-state index in [-0.39, 0.29) is 25.0 Å². The molecule has 1 N–H and O–H groups in total. The van der Waals surface area contributed by atoms with Crippen LogP contribution < -0.4 is 14.8 Å². The number of ether oxygens (including phenoxy) is 2. The zero-order valence-corrected chi connectivity index (χ0v) is 18.3.